The molecule has 3 N–H and O–H groups in total. The summed E-state index contributed by atoms with van der Waals surface area (Å²) in [5, 5.41) is 4.68. The molecular formula is C18H20N4O5S. The van der Waals surface area contributed by atoms with Gasteiger partial charge in [-0.05, 0) is 18.1 Å². The normalized spacial score (nSPS) is 14.4. The zero-order chi connectivity index (χ0) is 20.3. The van der Waals surface area contributed by atoms with Gasteiger partial charge in [0.05, 0.1) is 12.3 Å². The first-order valence-electron chi connectivity index (χ1n) is 8.49. The number of hydrogen-bond donors (Lipinski definition) is 2. The van der Waals surface area contributed by atoms with Crippen LogP contribution in [0.2, 0.25) is 0 Å². The predicted octanol–water partition coefficient (Wildman–Crippen LogP) is 1.49. The lowest BCUT2D eigenvalue weighted by molar-refractivity contribution is -0.126. The molecule has 1 aromatic heterocycles. The highest BCUT2D eigenvalue weighted by Crippen LogP contribution is 2.28. The molecule has 1 aromatic carbocycles. The number of ether oxygens (including phenoxy) is 2. The fourth-order valence-corrected chi connectivity index (χ4v) is 3.58. The number of nitrogens with one attached hydrogen (secondary N) is 1. The number of anilines is 1. The number of rotatable bonds is 6. The standard InChI is InChI=1S/C18H20N4O5S/c1-22-6-5-10-3-4-11(7-12(10)16(22)24)13-9-28-18(20-13)21-15(23)14(8-26-2)27-17(19)25/h3-4,7,9,14H,5-6,8H2,1-2H3,(H2,19,25)(H,20,21,23). The average Bonchev–Trinajstić information content (AvgIpc) is 3.12. The first-order chi connectivity index (χ1) is 13.4. The highest BCUT2D eigenvalue weighted by Gasteiger charge is 2.24. The fraction of sp³-hybridized carbons (Fsp3) is 0.333. The molecule has 10 heteroatoms. The number of nitrogens with zero attached hydrogens (tertiary/aromatic N) is 2. The summed E-state index contributed by atoms with van der Waals surface area (Å²) in [6.07, 6.45) is -1.43. The number of hydrogen-bond acceptors (Lipinski definition) is 7. The molecule has 148 valence electrons. The van der Waals surface area contributed by atoms with Crippen LogP contribution in [0.1, 0.15) is 15.9 Å². The molecule has 0 spiro atoms. The van der Waals surface area contributed by atoms with Gasteiger partial charge in [-0.15, -0.1) is 11.3 Å². The van der Waals surface area contributed by atoms with Gasteiger partial charge in [-0.25, -0.2) is 9.78 Å². The molecule has 0 saturated heterocycles. The summed E-state index contributed by atoms with van der Waals surface area (Å²) in [4.78, 5) is 41.6. The van der Waals surface area contributed by atoms with E-state index in [-0.39, 0.29) is 12.5 Å². The van der Waals surface area contributed by atoms with Crippen molar-refractivity contribution in [2.24, 2.45) is 5.73 Å². The molecule has 0 bridgehead atoms. The molecule has 1 aliphatic rings. The van der Waals surface area contributed by atoms with E-state index in [0.29, 0.717) is 22.9 Å². The fourth-order valence-electron chi connectivity index (χ4n) is 2.85. The van der Waals surface area contributed by atoms with Crippen molar-refractivity contribution in [1.29, 1.82) is 0 Å². The molecule has 9 nitrogen and oxygen atoms in total. The number of thiazole rings is 1. The molecule has 3 amide bonds. The van der Waals surface area contributed by atoms with Crippen molar-refractivity contribution in [2.75, 3.05) is 32.6 Å². The van der Waals surface area contributed by atoms with Gasteiger partial charge in [0.25, 0.3) is 11.8 Å². The highest BCUT2D eigenvalue weighted by atomic mass is 32.1. The number of primary amides is 1. The summed E-state index contributed by atoms with van der Waals surface area (Å²) in [7, 11) is 3.15. The van der Waals surface area contributed by atoms with Crippen LogP contribution in [0.5, 0.6) is 0 Å². The molecule has 1 atom stereocenters. The largest absolute Gasteiger partial charge is 0.434 e. The summed E-state index contributed by atoms with van der Waals surface area (Å²) in [5.41, 5.74) is 8.06. The topological polar surface area (TPSA) is 124 Å². The van der Waals surface area contributed by atoms with Gasteiger partial charge in [-0.1, -0.05) is 12.1 Å². The SMILES string of the molecule is COCC(OC(N)=O)C(=O)Nc1nc(-c2ccc3c(c2)C(=O)N(C)CC3)cs1. The third kappa shape index (κ3) is 4.29. The summed E-state index contributed by atoms with van der Waals surface area (Å²) >= 11 is 1.21. The van der Waals surface area contributed by atoms with Crippen LogP contribution in [0.3, 0.4) is 0 Å². The Hall–Kier alpha value is -2.98. The van der Waals surface area contributed by atoms with Crippen LogP contribution < -0.4 is 11.1 Å². The van der Waals surface area contributed by atoms with Crippen LogP contribution in [0, 0.1) is 0 Å². The maximum absolute atomic E-state index is 12.4. The summed E-state index contributed by atoms with van der Waals surface area (Å²) in [6.45, 7) is 0.571. The minimum Gasteiger partial charge on any atom is -0.434 e. The quantitative estimate of drug-likeness (QED) is 0.752. The van der Waals surface area contributed by atoms with Gasteiger partial charge in [0.2, 0.25) is 6.10 Å². The number of fused-ring (bicyclic) bond motifs is 1. The van der Waals surface area contributed by atoms with Gasteiger partial charge in [0.15, 0.2) is 5.13 Å². The van der Waals surface area contributed by atoms with Crippen LogP contribution in [0.4, 0.5) is 9.93 Å². The number of methoxy groups -OCH3 is 1. The summed E-state index contributed by atoms with van der Waals surface area (Å²) in [5.74, 6) is -0.610. The number of aromatic nitrogens is 1. The van der Waals surface area contributed by atoms with Crippen molar-refractivity contribution in [3.63, 3.8) is 0 Å². The van der Waals surface area contributed by atoms with Crippen LogP contribution in [0.25, 0.3) is 11.3 Å². The second-order valence-electron chi connectivity index (χ2n) is 6.26. The lowest BCUT2D eigenvalue weighted by atomic mass is 9.96. The van der Waals surface area contributed by atoms with Crippen molar-refractivity contribution in [2.45, 2.75) is 12.5 Å². The Morgan fingerprint density at radius 3 is 2.93 bits per heavy atom. The van der Waals surface area contributed by atoms with E-state index >= 15 is 0 Å². The predicted molar refractivity (Wildman–Crippen MR) is 103 cm³/mol. The van der Waals surface area contributed by atoms with E-state index in [2.05, 4.69) is 10.3 Å². The Morgan fingerprint density at radius 2 is 2.21 bits per heavy atom. The number of carbonyl (C=O) groups excluding carboxylic acids is 3. The Kier molecular flexibility index (Phi) is 5.90. The molecular weight excluding hydrogens is 384 g/mol. The molecule has 0 radical (unpaired) electrons. The first kappa shape index (κ1) is 19.8. The Labute approximate surface area is 165 Å². The van der Waals surface area contributed by atoms with Gasteiger partial charge in [0, 0.05) is 37.2 Å². The van der Waals surface area contributed by atoms with Crippen molar-refractivity contribution >= 4 is 34.4 Å². The molecule has 1 aliphatic heterocycles. The number of carbonyl (C=O) groups is 3. The van der Waals surface area contributed by atoms with Gasteiger partial charge < -0.3 is 20.1 Å². The molecule has 2 aromatic rings. The lowest BCUT2D eigenvalue weighted by Gasteiger charge is -2.25. The second-order valence-corrected chi connectivity index (χ2v) is 7.11. The monoisotopic (exact) mass is 404 g/mol. The molecule has 2 heterocycles. The Bertz CT molecular complexity index is 913. The van der Waals surface area contributed by atoms with Crippen molar-refractivity contribution in [1.82, 2.24) is 9.88 Å². The van der Waals surface area contributed by atoms with E-state index in [0.717, 1.165) is 17.5 Å². The zero-order valence-corrected chi connectivity index (χ0v) is 16.2. The van der Waals surface area contributed by atoms with Crippen molar-refractivity contribution in [3.8, 4) is 11.3 Å². The number of likely N-dealkylation sites (N-methyl/N-ethyl adjacent to an activating group) is 1. The first-order valence-corrected chi connectivity index (χ1v) is 9.37. The van der Waals surface area contributed by atoms with Crippen LogP contribution in [-0.2, 0) is 20.7 Å². The van der Waals surface area contributed by atoms with E-state index in [1.165, 1.54) is 18.4 Å². The van der Waals surface area contributed by atoms with E-state index in [9.17, 15) is 14.4 Å². The molecule has 1 unspecified atom stereocenters. The van der Waals surface area contributed by atoms with Crippen molar-refractivity contribution < 1.29 is 23.9 Å². The highest BCUT2D eigenvalue weighted by molar-refractivity contribution is 7.14. The van der Waals surface area contributed by atoms with Gasteiger partial charge in [0.1, 0.15) is 0 Å². The molecule has 0 saturated carbocycles. The van der Waals surface area contributed by atoms with Gasteiger partial charge in [-0.2, -0.15) is 0 Å². The van der Waals surface area contributed by atoms with Crippen molar-refractivity contribution in [3.05, 3.63) is 34.7 Å². The minimum atomic E-state index is -1.17. The lowest BCUT2D eigenvalue weighted by Crippen LogP contribution is -2.37. The van der Waals surface area contributed by atoms with E-state index < -0.39 is 18.1 Å². The molecule has 28 heavy (non-hydrogen) atoms. The number of amides is 3. The third-order valence-electron chi connectivity index (χ3n) is 4.30. The molecule has 0 fully saturated rings. The number of benzene rings is 1. The molecule has 0 aliphatic carbocycles. The average molecular weight is 404 g/mol. The molecule has 3 rings (SSSR count). The summed E-state index contributed by atoms with van der Waals surface area (Å²) in [6, 6.07) is 5.66. The van der Waals surface area contributed by atoms with Crippen LogP contribution >= 0.6 is 11.3 Å². The Morgan fingerprint density at radius 1 is 1.43 bits per heavy atom. The smallest absolute Gasteiger partial charge is 0.405 e. The Balaban J connectivity index is 1.76. The van der Waals surface area contributed by atoms with E-state index in [1.807, 2.05) is 18.2 Å². The van der Waals surface area contributed by atoms with Crippen LogP contribution in [0.15, 0.2) is 23.6 Å². The van der Waals surface area contributed by atoms with Crippen LogP contribution in [-0.4, -0.2) is 61.2 Å². The maximum atomic E-state index is 12.4. The third-order valence-corrected chi connectivity index (χ3v) is 5.06. The second kappa shape index (κ2) is 8.36. The maximum Gasteiger partial charge on any atom is 0.405 e. The number of nitrogens with two attached hydrogens (primary N) is 1. The van der Waals surface area contributed by atoms with Gasteiger partial charge >= 0.3 is 6.09 Å². The summed E-state index contributed by atoms with van der Waals surface area (Å²) < 4.78 is 9.60. The zero-order valence-electron chi connectivity index (χ0n) is 15.4. The minimum absolute atomic E-state index is 0.0159. The van der Waals surface area contributed by atoms with E-state index in [1.54, 1.807) is 17.3 Å². The van der Waals surface area contributed by atoms with Gasteiger partial charge in [-0.3, -0.25) is 14.9 Å². The van der Waals surface area contributed by atoms with E-state index in [4.69, 9.17) is 15.2 Å².